The highest BCUT2D eigenvalue weighted by molar-refractivity contribution is 6.51. The molecule has 1 fully saturated rings. The van der Waals surface area contributed by atoms with E-state index in [0.29, 0.717) is 23.5 Å². The summed E-state index contributed by atoms with van der Waals surface area (Å²) in [7, 11) is 0. The molecule has 0 aliphatic carbocycles. The second kappa shape index (κ2) is 10.7. The van der Waals surface area contributed by atoms with Crippen molar-refractivity contribution < 1.29 is 23.8 Å². The first kappa shape index (κ1) is 24.5. The van der Waals surface area contributed by atoms with Crippen LogP contribution in [0.5, 0.6) is 5.75 Å². The predicted octanol–water partition coefficient (Wildman–Crippen LogP) is 6.67. The maximum Gasteiger partial charge on any atom is 0.300 e. The fourth-order valence-corrected chi connectivity index (χ4v) is 4.27. The third-order valence-electron chi connectivity index (χ3n) is 5.89. The second-order valence-corrected chi connectivity index (χ2v) is 8.67. The van der Waals surface area contributed by atoms with Crippen molar-refractivity contribution in [2.75, 3.05) is 11.5 Å². The zero-order chi connectivity index (χ0) is 24.9. The third-order valence-corrected chi connectivity index (χ3v) is 6.18. The number of hydrogen-bond donors (Lipinski definition) is 1. The van der Waals surface area contributed by atoms with Gasteiger partial charge in [0.05, 0.1) is 23.2 Å². The standard InChI is InChI=1S/C28H25ClFNO4/c1-2-3-7-16-35-21-13-10-19(11-14-21)26(32)24-25(18-8-5-4-6-9-18)31(28(34)27(24)33)20-12-15-23(30)22(29)17-20/h4-6,8-15,17,25,32H,2-3,7,16H2,1H3/b26-24+. The number of ketones is 1. The Morgan fingerprint density at radius 2 is 1.74 bits per heavy atom. The molecule has 5 nitrogen and oxygen atoms in total. The van der Waals surface area contributed by atoms with Gasteiger partial charge in [0.1, 0.15) is 17.3 Å². The first-order chi connectivity index (χ1) is 16.9. The first-order valence-corrected chi connectivity index (χ1v) is 11.8. The Morgan fingerprint density at radius 3 is 2.40 bits per heavy atom. The number of aliphatic hydroxyl groups is 1. The average molecular weight is 494 g/mol. The van der Waals surface area contributed by atoms with Crippen LogP contribution in [0.2, 0.25) is 5.02 Å². The van der Waals surface area contributed by atoms with E-state index in [2.05, 4.69) is 6.92 Å². The van der Waals surface area contributed by atoms with Crippen LogP contribution in [-0.2, 0) is 9.59 Å². The Hall–Kier alpha value is -3.64. The van der Waals surface area contributed by atoms with Gasteiger partial charge in [-0.1, -0.05) is 61.7 Å². The Kier molecular flexibility index (Phi) is 7.51. The number of Topliss-reactive ketones (excluding diaryl/α,β-unsaturated/α-hetero) is 1. The predicted molar refractivity (Wildman–Crippen MR) is 134 cm³/mol. The molecular formula is C28H25ClFNO4. The fourth-order valence-electron chi connectivity index (χ4n) is 4.09. The van der Waals surface area contributed by atoms with Crippen LogP contribution in [-0.4, -0.2) is 23.4 Å². The fraction of sp³-hybridized carbons (Fsp3) is 0.214. The lowest BCUT2D eigenvalue weighted by atomic mass is 9.95. The summed E-state index contributed by atoms with van der Waals surface area (Å²) in [6.07, 6.45) is 3.13. The number of unbranched alkanes of at least 4 members (excludes halogenated alkanes) is 2. The summed E-state index contributed by atoms with van der Waals surface area (Å²) < 4.78 is 19.5. The molecule has 1 heterocycles. The van der Waals surface area contributed by atoms with Crippen molar-refractivity contribution in [1.29, 1.82) is 0 Å². The maximum atomic E-state index is 13.8. The molecule has 0 bridgehead atoms. The molecule has 1 unspecified atom stereocenters. The van der Waals surface area contributed by atoms with Crippen LogP contribution in [0.4, 0.5) is 10.1 Å². The van der Waals surface area contributed by atoms with Gasteiger partial charge in [0.2, 0.25) is 0 Å². The van der Waals surface area contributed by atoms with Crippen molar-refractivity contribution in [3.05, 3.63) is 100 Å². The molecule has 1 atom stereocenters. The van der Waals surface area contributed by atoms with E-state index in [-0.39, 0.29) is 22.0 Å². The van der Waals surface area contributed by atoms with Crippen LogP contribution < -0.4 is 9.64 Å². The van der Waals surface area contributed by atoms with Crippen molar-refractivity contribution in [3.63, 3.8) is 0 Å². The van der Waals surface area contributed by atoms with Gasteiger partial charge in [-0.15, -0.1) is 0 Å². The summed E-state index contributed by atoms with van der Waals surface area (Å²) in [6.45, 7) is 2.72. The molecule has 1 amide bonds. The van der Waals surface area contributed by atoms with E-state index >= 15 is 0 Å². The van der Waals surface area contributed by atoms with Gasteiger partial charge in [-0.25, -0.2) is 4.39 Å². The number of anilines is 1. The Morgan fingerprint density at radius 1 is 1.03 bits per heavy atom. The molecule has 1 N–H and O–H groups in total. The summed E-state index contributed by atoms with van der Waals surface area (Å²) in [6, 6.07) is 18.5. The van der Waals surface area contributed by atoms with Gasteiger partial charge in [0.15, 0.2) is 0 Å². The minimum Gasteiger partial charge on any atom is -0.507 e. The minimum atomic E-state index is -0.914. The van der Waals surface area contributed by atoms with Crippen LogP contribution >= 0.6 is 11.6 Å². The van der Waals surface area contributed by atoms with Gasteiger partial charge in [-0.2, -0.15) is 0 Å². The molecule has 1 saturated heterocycles. The van der Waals surface area contributed by atoms with E-state index in [1.54, 1.807) is 48.5 Å². The molecule has 4 rings (SSSR count). The lowest BCUT2D eigenvalue weighted by molar-refractivity contribution is -0.132. The Labute approximate surface area is 208 Å². The first-order valence-electron chi connectivity index (χ1n) is 11.5. The highest BCUT2D eigenvalue weighted by Crippen LogP contribution is 2.42. The highest BCUT2D eigenvalue weighted by Gasteiger charge is 2.47. The van der Waals surface area contributed by atoms with Crippen LogP contribution in [0.25, 0.3) is 5.76 Å². The second-order valence-electron chi connectivity index (χ2n) is 8.26. The normalized spacial score (nSPS) is 17.1. The summed E-state index contributed by atoms with van der Waals surface area (Å²) in [5, 5.41) is 11.0. The molecule has 7 heteroatoms. The summed E-state index contributed by atoms with van der Waals surface area (Å²) in [5.41, 5.74) is 1.19. The summed E-state index contributed by atoms with van der Waals surface area (Å²) in [4.78, 5) is 27.5. The van der Waals surface area contributed by atoms with Crippen LogP contribution in [0, 0.1) is 5.82 Å². The smallest absolute Gasteiger partial charge is 0.300 e. The SMILES string of the molecule is CCCCCOc1ccc(/C(O)=C2\C(=O)C(=O)N(c3ccc(F)c(Cl)c3)C2c2ccccc2)cc1. The molecule has 3 aromatic carbocycles. The highest BCUT2D eigenvalue weighted by atomic mass is 35.5. The van der Waals surface area contributed by atoms with Crippen LogP contribution in [0.1, 0.15) is 43.4 Å². The van der Waals surface area contributed by atoms with E-state index in [9.17, 15) is 19.1 Å². The van der Waals surface area contributed by atoms with Gasteiger partial charge < -0.3 is 9.84 Å². The number of hydrogen-bond acceptors (Lipinski definition) is 4. The number of halogens is 2. The molecule has 0 spiro atoms. The third kappa shape index (κ3) is 5.08. The molecule has 0 aromatic heterocycles. The van der Waals surface area contributed by atoms with Crippen LogP contribution in [0.3, 0.4) is 0 Å². The van der Waals surface area contributed by atoms with Gasteiger partial charge in [-0.05, 0) is 54.4 Å². The van der Waals surface area contributed by atoms with Crippen molar-refractivity contribution in [1.82, 2.24) is 0 Å². The molecule has 3 aromatic rings. The molecule has 1 aliphatic rings. The van der Waals surface area contributed by atoms with Crippen LogP contribution in [0.15, 0.2) is 78.4 Å². The lowest BCUT2D eigenvalue weighted by Gasteiger charge is -2.25. The number of carbonyl (C=O) groups is 2. The van der Waals surface area contributed by atoms with Gasteiger partial charge >= 0.3 is 0 Å². The number of rotatable bonds is 8. The lowest BCUT2D eigenvalue weighted by Crippen LogP contribution is -2.29. The maximum absolute atomic E-state index is 13.8. The number of carbonyl (C=O) groups excluding carboxylic acids is 2. The largest absolute Gasteiger partial charge is 0.507 e. The van der Waals surface area contributed by atoms with Crippen molar-refractivity contribution in [2.24, 2.45) is 0 Å². The Bertz CT molecular complexity index is 1260. The molecule has 1 aliphatic heterocycles. The monoisotopic (exact) mass is 493 g/mol. The number of aliphatic hydroxyl groups excluding tert-OH is 1. The zero-order valence-corrected chi connectivity index (χ0v) is 20.0. The number of ether oxygens (including phenoxy) is 1. The van der Waals surface area contributed by atoms with Crippen molar-refractivity contribution in [3.8, 4) is 5.75 Å². The van der Waals surface area contributed by atoms with Gasteiger partial charge in [0.25, 0.3) is 11.7 Å². The Balaban J connectivity index is 1.75. The topological polar surface area (TPSA) is 66.8 Å². The van der Waals surface area contributed by atoms with E-state index in [1.165, 1.54) is 17.0 Å². The zero-order valence-electron chi connectivity index (χ0n) is 19.2. The minimum absolute atomic E-state index is 0.0572. The number of nitrogens with zero attached hydrogens (tertiary/aromatic N) is 1. The quantitative estimate of drug-likeness (QED) is 0.164. The molecular weight excluding hydrogens is 469 g/mol. The van der Waals surface area contributed by atoms with Gasteiger partial charge in [-0.3, -0.25) is 14.5 Å². The molecule has 35 heavy (non-hydrogen) atoms. The van der Waals surface area contributed by atoms with E-state index < -0.39 is 23.5 Å². The van der Waals surface area contributed by atoms with Gasteiger partial charge in [0, 0.05) is 11.3 Å². The van der Waals surface area contributed by atoms with Crippen molar-refractivity contribution >= 4 is 34.7 Å². The summed E-state index contributed by atoms with van der Waals surface area (Å²) >= 11 is 5.96. The van der Waals surface area contributed by atoms with E-state index in [0.717, 1.165) is 25.3 Å². The van der Waals surface area contributed by atoms with Crippen molar-refractivity contribution in [2.45, 2.75) is 32.2 Å². The molecule has 0 saturated carbocycles. The van der Waals surface area contributed by atoms with E-state index in [1.807, 2.05) is 6.07 Å². The molecule has 0 radical (unpaired) electrons. The average Bonchev–Trinajstić information content (AvgIpc) is 3.14. The molecule has 180 valence electrons. The number of amides is 1. The number of benzene rings is 3. The summed E-state index contributed by atoms with van der Waals surface area (Å²) in [5.74, 6) is -1.96. The van der Waals surface area contributed by atoms with E-state index in [4.69, 9.17) is 16.3 Å².